The zero-order valence-electron chi connectivity index (χ0n) is 11.1. The molecule has 0 radical (unpaired) electrons. The fourth-order valence-electron chi connectivity index (χ4n) is 2.34. The zero-order chi connectivity index (χ0) is 13.8. The van der Waals surface area contributed by atoms with Crippen LogP contribution in [0.1, 0.15) is 12.5 Å². The Morgan fingerprint density at radius 2 is 1.89 bits per heavy atom. The van der Waals surface area contributed by atoms with E-state index in [0.717, 1.165) is 38.3 Å². The molecule has 19 heavy (non-hydrogen) atoms. The van der Waals surface area contributed by atoms with Gasteiger partial charge in [-0.2, -0.15) is 0 Å². The SMILES string of the molecule is CCN1CCN(Cc2ccc(O)c([N+](=O)[O-])c2)CC1. The number of benzene rings is 1. The van der Waals surface area contributed by atoms with Crippen LogP contribution in [0.15, 0.2) is 18.2 Å². The van der Waals surface area contributed by atoms with Crippen molar-refractivity contribution in [2.75, 3.05) is 32.7 Å². The van der Waals surface area contributed by atoms with E-state index in [2.05, 4.69) is 16.7 Å². The van der Waals surface area contributed by atoms with Gasteiger partial charge < -0.3 is 10.0 Å². The first-order valence-corrected chi connectivity index (χ1v) is 6.51. The lowest BCUT2D eigenvalue weighted by atomic mass is 10.1. The molecular weight excluding hydrogens is 246 g/mol. The standard InChI is InChI=1S/C13H19N3O3/c1-2-14-5-7-15(8-6-14)10-11-3-4-13(17)12(9-11)16(18)19/h3-4,9,17H,2,5-8,10H2,1H3. The predicted molar refractivity (Wildman–Crippen MR) is 72.2 cm³/mol. The Bertz CT molecular complexity index is 456. The van der Waals surface area contributed by atoms with Gasteiger partial charge >= 0.3 is 5.69 Å². The third-order valence-electron chi connectivity index (χ3n) is 3.55. The lowest BCUT2D eigenvalue weighted by Gasteiger charge is -2.33. The Balaban J connectivity index is 2.00. The van der Waals surface area contributed by atoms with Crippen molar-refractivity contribution in [3.8, 4) is 5.75 Å². The molecule has 0 aromatic heterocycles. The second-order valence-corrected chi connectivity index (χ2v) is 4.79. The molecule has 104 valence electrons. The highest BCUT2D eigenvalue weighted by molar-refractivity contribution is 5.47. The van der Waals surface area contributed by atoms with E-state index in [0.29, 0.717) is 6.54 Å². The average molecular weight is 265 g/mol. The zero-order valence-corrected chi connectivity index (χ0v) is 11.1. The quantitative estimate of drug-likeness (QED) is 0.659. The van der Waals surface area contributed by atoms with Crippen LogP contribution in [0.5, 0.6) is 5.75 Å². The molecular formula is C13H19N3O3. The number of aromatic hydroxyl groups is 1. The highest BCUT2D eigenvalue weighted by Crippen LogP contribution is 2.26. The van der Waals surface area contributed by atoms with E-state index in [1.807, 2.05) is 0 Å². The molecule has 1 heterocycles. The van der Waals surface area contributed by atoms with E-state index in [1.165, 1.54) is 12.1 Å². The monoisotopic (exact) mass is 265 g/mol. The number of nitrogens with zero attached hydrogens (tertiary/aromatic N) is 3. The Morgan fingerprint density at radius 3 is 2.47 bits per heavy atom. The maximum absolute atomic E-state index is 10.8. The number of nitro benzene ring substituents is 1. The molecule has 1 aliphatic rings. The summed E-state index contributed by atoms with van der Waals surface area (Å²) in [5.41, 5.74) is 0.652. The number of hydrogen-bond acceptors (Lipinski definition) is 5. The molecule has 0 saturated carbocycles. The minimum atomic E-state index is -0.548. The van der Waals surface area contributed by atoms with Gasteiger partial charge in [-0.05, 0) is 18.2 Å². The molecule has 1 aliphatic heterocycles. The third kappa shape index (κ3) is 3.42. The molecule has 0 atom stereocenters. The van der Waals surface area contributed by atoms with Gasteiger partial charge in [0.15, 0.2) is 5.75 Å². The Kier molecular flexibility index (Phi) is 4.34. The van der Waals surface area contributed by atoms with Gasteiger partial charge in [0.1, 0.15) is 0 Å². The molecule has 0 aliphatic carbocycles. The maximum atomic E-state index is 10.8. The predicted octanol–water partition coefficient (Wildman–Crippen LogP) is 1.44. The van der Waals surface area contributed by atoms with Crippen molar-refractivity contribution in [3.63, 3.8) is 0 Å². The van der Waals surface area contributed by atoms with Gasteiger partial charge in [-0.25, -0.2) is 0 Å². The van der Waals surface area contributed by atoms with Crippen LogP contribution in [-0.2, 0) is 6.54 Å². The number of likely N-dealkylation sites (N-methyl/N-ethyl adjacent to an activating group) is 1. The summed E-state index contributed by atoms with van der Waals surface area (Å²) in [7, 11) is 0. The lowest BCUT2D eigenvalue weighted by Crippen LogP contribution is -2.45. The van der Waals surface area contributed by atoms with E-state index < -0.39 is 4.92 Å². The highest BCUT2D eigenvalue weighted by Gasteiger charge is 2.18. The van der Waals surface area contributed by atoms with Crippen molar-refractivity contribution < 1.29 is 10.0 Å². The second-order valence-electron chi connectivity index (χ2n) is 4.79. The van der Waals surface area contributed by atoms with Crippen LogP contribution in [0.2, 0.25) is 0 Å². The molecule has 0 amide bonds. The number of rotatable bonds is 4. The molecule has 0 spiro atoms. The summed E-state index contributed by atoms with van der Waals surface area (Å²) in [5.74, 6) is -0.274. The lowest BCUT2D eigenvalue weighted by molar-refractivity contribution is -0.385. The molecule has 6 heteroatoms. The summed E-state index contributed by atoms with van der Waals surface area (Å²) >= 11 is 0. The minimum absolute atomic E-state index is 0.218. The fraction of sp³-hybridized carbons (Fsp3) is 0.538. The summed E-state index contributed by atoms with van der Waals surface area (Å²) < 4.78 is 0. The fourth-order valence-corrected chi connectivity index (χ4v) is 2.34. The summed E-state index contributed by atoms with van der Waals surface area (Å²) in [6, 6.07) is 4.60. The molecule has 1 saturated heterocycles. The molecule has 6 nitrogen and oxygen atoms in total. The average Bonchev–Trinajstić information content (AvgIpc) is 2.41. The molecule has 0 bridgehead atoms. The largest absolute Gasteiger partial charge is 0.502 e. The van der Waals surface area contributed by atoms with E-state index in [-0.39, 0.29) is 11.4 Å². The van der Waals surface area contributed by atoms with Gasteiger partial charge in [0.05, 0.1) is 4.92 Å². The maximum Gasteiger partial charge on any atom is 0.311 e. The summed E-state index contributed by atoms with van der Waals surface area (Å²) in [5, 5.41) is 20.2. The third-order valence-corrected chi connectivity index (χ3v) is 3.55. The highest BCUT2D eigenvalue weighted by atomic mass is 16.6. The number of phenolic OH excluding ortho intramolecular Hbond substituents is 1. The van der Waals surface area contributed by atoms with Crippen LogP contribution in [0, 0.1) is 10.1 Å². The van der Waals surface area contributed by atoms with Gasteiger partial charge in [0.25, 0.3) is 0 Å². The molecule has 2 rings (SSSR count). The van der Waals surface area contributed by atoms with Crippen molar-refractivity contribution in [1.82, 2.24) is 9.80 Å². The number of nitro groups is 1. The molecule has 1 aromatic rings. The van der Waals surface area contributed by atoms with E-state index in [9.17, 15) is 15.2 Å². The Morgan fingerprint density at radius 1 is 1.26 bits per heavy atom. The first-order valence-electron chi connectivity index (χ1n) is 6.51. The van der Waals surface area contributed by atoms with Crippen molar-refractivity contribution >= 4 is 5.69 Å². The van der Waals surface area contributed by atoms with Crippen molar-refractivity contribution in [1.29, 1.82) is 0 Å². The van der Waals surface area contributed by atoms with Crippen molar-refractivity contribution in [2.24, 2.45) is 0 Å². The van der Waals surface area contributed by atoms with E-state index in [4.69, 9.17) is 0 Å². The number of piperazine rings is 1. The topological polar surface area (TPSA) is 69.8 Å². The number of hydrogen-bond donors (Lipinski definition) is 1. The van der Waals surface area contributed by atoms with Crippen LogP contribution < -0.4 is 0 Å². The van der Waals surface area contributed by atoms with Crippen LogP contribution >= 0.6 is 0 Å². The van der Waals surface area contributed by atoms with Crippen molar-refractivity contribution in [2.45, 2.75) is 13.5 Å². The van der Waals surface area contributed by atoms with Gasteiger partial charge in [-0.15, -0.1) is 0 Å². The van der Waals surface area contributed by atoms with Crippen LogP contribution in [0.4, 0.5) is 5.69 Å². The minimum Gasteiger partial charge on any atom is -0.502 e. The second kappa shape index (κ2) is 5.99. The van der Waals surface area contributed by atoms with Crippen molar-refractivity contribution in [3.05, 3.63) is 33.9 Å². The van der Waals surface area contributed by atoms with E-state index >= 15 is 0 Å². The summed E-state index contributed by atoms with van der Waals surface area (Å²) in [4.78, 5) is 14.9. The summed E-state index contributed by atoms with van der Waals surface area (Å²) in [6.45, 7) is 7.94. The van der Waals surface area contributed by atoms with Gasteiger partial charge in [0, 0.05) is 38.8 Å². The molecule has 0 unspecified atom stereocenters. The Labute approximate surface area is 112 Å². The normalized spacial score (nSPS) is 17.5. The van der Waals surface area contributed by atoms with E-state index in [1.54, 1.807) is 6.07 Å². The van der Waals surface area contributed by atoms with Gasteiger partial charge in [-0.3, -0.25) is 15.0 Å². The molecule has 1 N–H and O–H groups in total. The summed E-state index contributed by atoms with van der Waals surface area (Å²) in [6.07, 6.45) is 0. The smallest absolute Gasteiger partial charge is 0.311 e. The first kappa shape index (κ1) is 13.8. The first-order chi connectivity index (χ1) is 9.10. The van der Waals surface area contributed by atoms with Gasteiger partial charge in [0.2, 0.25) is 0 Å². The Hall–Kier alpha value is -1.66. The molecule has 1 aromatic carbocycles. The number of phenols is 1. The van der Waals surface area contributed by atoms with Crippen LogP contribution in [-0.4, -0.2) is 52.6 Å². The van der Waals surface area contributed by atoms with Gasteiger partial charge in [-0.1, -0.05) is 13.0 Å². The molecule has 1 fully saturated rings. The van der Waals surface area contributed by atoms with Crippen LogP contribution in [0.25, 0.3) is 0 Å². The van der Waals surface area contributed by atoms with Crippen LogP contribution in [0.3, 0.4) is 0 Å².